The first-order valence-corrected chi connectivity index (χ1v) is 8.63. The number of benzene rings is 2. The Labute approximate surface area is 146 Å². The topological polar surface area (TPSA) is 12.0 Å². The molecule has 1 unspecified atom stereocenters. The van der Waals surface area contributed by atoms with Gasteiger partial charge in [0.2, 0.25) is 0 Å². The second kappa shape index (κ2) is 7.73. The molecule has 5 heteroatoms. The van der Waals surface area contributed by atoms with Gasteiger partial charge >= 0.3 is 0 Å². The van der Waals surface area contributed by atoms with E-state index in [1.165, 1.54) is 0 Å². The third kappa shape index (κ3) is 4.07. The van der Waals surface area contributed by atoms with Crippen LogP contribution in [0.3, 0.4) is 0 Å². The Hall–Kier alpha value is -0.420. The molecule has 112 valence electrons. The molecule has 0 saturated heterocycles. The highest BCUT2D eigenvalue weighted by atomic mass is 79.9. The minimum absolute atomic E-state index is 0.252. The van der Waals surface area contributed by atoms with Crippen LogP contribution in [-0.2, 0) is 0 Å². The summed E-state index contributed by atoms with van der Waals surface area (Å²) in [5.74, 6) is -0.252. The molecule has 0 amide bonds. The summed E-state index contributed by atoms with van der Waals surface area (Å²) >= 11 is 12.9. The lowest BCUT2D eigenvalue weighted by atomic mass is 9.98. The van der Waals surface area contributed by atoms with Gasteiger partial charge in [0.1, 0.15) is 5.82 Å². The largest absolute Gasteiger partial charge is 0.306 e. The van der Waals surface area contributed by atoms with E-state index in [1.807, 2.05) is 24.3 Å². The first kappa shape index (κ1) is 16.9. The third-order valence-corrected chi connectivity index (χ3v) is 4.73. The van der Waals surface area contributed by atoms with E-state index in [2.05, 4.69) is 44.1 Å². The first-order chi connectivity index (χ1) is 10.0. The van der Waals surface area contributed by atoms with Gasteiger partial charge in [0, 0.05) is 15.1 Å². The van der Waals surface area contributed by atoms with Crippen molar-refractivity contribution in [3.8, 4) is 0 Å². The van der Waals surface area contributed by atoms with Crippen LogP contribution in [0.25, 0.3) is 0 Å². The minimum atomic E-state index is -0.254. The van der Waals surface area contributed by atoms with Crippen molar-refractivity contribution in [2.45, 2.75) is 19.4 Å². The summed E-state index contributed by atoms with van der Waals surface area (Å²) in [7, 11) is 0. The highest BCUT2D eigenvalue weighted by Gasteiger charge is 2.21. The average molecular weight is 436 g/mol. The molecule has 0 bridgehead atoms. The molecule has 0 aromatic heterocycles. The van der Waals surface area contributed by atoms with E-state index in [9.17, 15) is 4.39 Å². The fourth-order valence-electron chi connectivity index (χ4n) is 2.16. The summed E-state index contributed by atoms with van der Waals surface area (Å²) in [5, 5.41) is 4.02. The maximum Gasteiger partial charge on any atom is 0.142 e. The van der Waals surface area contributed by atoms with Crippen LogP contribution in [0.15, 0.2) is 45.3 Å². The van der Waals surface area contributed by atoms with E-state index in [1.54, 1.807) is 12.1 Å². The lowest BCUT2D eigenvalue weighted by Gasteiger charge is -2.22. The zero-order chi connectivity index (χ0) is 15.4. The van der Waals surface area contributed by atoms with Gasteiger partial charge in [-0.25, -0.2) is 4.39 Å². The second-order valence-corrected chi connectivity index (χ2v) is 6.84. The molecule has 1 nitrogen and oxygen atoms in total. The number of hydrogen-bond donors (Lipinski definition) is 1. The molecule has 1 atom stereocenters. The molecule has 2 rings (SSSR count). The van der Waals surface area contributed by atoms with Gasteiger partial charge in [0.25, 0.3) is 0 Å². The fraction of sp³-hybridized carbons (Fsp3) is 0.250. The monoisotopic (exact) mass is 433 g/mol. The molecule has 0 radical (unpaired) electrons. The molecule has 0 heterocycles. The maximum absolute atomic E-state index is 14.5. The molecule has 2 aromatic carbocycles. The van der Waals surface area contributed by atoms with Crippen LogP contribution in [0.4, 0.5) is 4.39 Å². The Morgan fingerprint density at radius 3 is 2.62 bits per heavy atom. The molecule has 0 aliphatic carbocycles. The molecular formula is C16H15Br2ClFN. The molecular weight excluding hydrogens is 420 g/mol. The predicted molar refractivity (Wildman–Crippen MR) is 93.4 cm³/mol. The summed E-state index contributed by atoms with van der Waals surface area (Å²) in [5.41, 5.74) is 1.52. The van der Waals surface area contributed by atoms with Gasteiger partial charge < -0.3 is 5.32 Å². The quantitative estimate of drug-likeness (QED) is 0.599. The fourth-order valence-corrected chi connectivity index (χ4v) is 3.19. The van der Waals surface area contributed by atoms with Crippen molar-refractivity contribution in [2.24, 2.45) is 0 Å². The summed E-state index contributed by atoms with van der Waals surface area (Å²) in [6.45, 7) is 2.86. The number of halogens is 4. The molecule has 0 spiro atoms. The van der Waals surface area contributed by atoms with Gasteiger partial charge in [0.15, 0.2) is 0 Å². The van der Waals surface area contributed by atoms with Crippen LogP contribution < -0.4 is 5.32 Å². The normalized spacial score (nSPS) is 12.4. The number of rotatable bonds is 5. The molecule has 21 heavy (non-hydrogen) atoms. The summed E-state index contributed by atoms with van der Waals surface area (Å²) in [6, 6.07) is 10.6. The zero-order valence-corrected chi connectivity index (χ0v) is 15.4. The van der Waals surface area contributed by atoms with Gasteiger partial charge in [-0.3, -0.25) is 0 Å². The predicted octanol–water partition coefficient (Wildman–Crippen LogP) is 6.09. The van der Waals surface area contributed by atoms with Gasteiger partial charge in [-0.1, -0.05) is 46.6 Å². The molecule has 1 N–H and O–H groups in total. The van der Waals surface area contributed by atoms with E-state index >= 15 is 0 Å². The van der Waals surface area contributed by atoms with Gasteiger partial charge in [-0.15, -0.1) is 0 Å². The molecule has 0 fully saturated rings. The third-order valence-electron chi connectivity index (χ3n) is 3.16. The van der Waals surface area contributed by atoms with Crippen LogP contribution in [0.5, 0.6) is 0 Å². The Morgan fingerprint density at radius 1 is 1.14 bits per heavy atom. The van der Waals surface area contributed by atoms with Crippen LogP contribution in [0.2, 0.25) is 5.02 Å². The Morgan fingerprint density at radius 2 is 1.90 bits per heavy atom. The van der Waals surface area contributed by atoms with Crippen molar-refractivity contribution in [2.75, 3.05) is 6.54 Å². The van der Waals surface area contributed by atoms with Gasteiger partial charge in [-0.2, -0.15) is 0 Å². The van der Waals surface area contributed by atoms with Gasteiger partial charge in [0.05, 0.1) is 10.5 Å². The molecule has 0 aliphatic rings. The number of nitrogens with one attached hydrogen (secondary N) is 1. The van der Waals surface area contributed by atoms with Crippen LogP contribution in [-0.4, -0.2) is 6.54 Å². The Bertz CT molecular complexity index is 632. The van der Waals surface area contributed by atoms with Crippen LogP contribution in [0, 0.1) is 5.82 Å². The van der Waals surface area contributed by atoms with Crippen molar-refractivity contribution < 1.29 is 4.39 Å². The van der Waals surface area contributed by atoms with E-state index in [4.69, 9.17) is 11.6 Å². The van der Waals surface area contributed by atoms with Gasteiger partial charge in [-0.05, 0) is 58.7 Å². The highest BCUT2D eigenvalue weighted by molar-refractivity contribution is 9.10. The van der Waals surface area contributed by atoms with E-state index in [-0.39, 0.29) is 11.9 Å². The second-order valence-electron chi connectivity index (χ2n) is 4.70. The highest BCUT2D eigenvalue weighted by Crippen LogP contribution is 2.33. The lowest BCUT2D eigenvalue weighted by Crippen LogP contribution is -2.24. The van der Waals surface area contributed by atoms with Crippen molar-refractivity contribution in [1.82, 2.24) is 5.32 Å². The van der Waals surface area contributed by atoms with Crippen LogP contribution >= 0.6 is 43.5 Å². The summed E-state index contributed by atoms with van der Waals surface area (Å²) < 4.78 is 15.8. The summed E-state index contributed by atoms with van der Waals surface area (Å²) in [6.07, 6.45) is 0.963. The number of hydrogen-bond acceptors (Lipinski definition) is 1. The summed E-state index contributed by atoms with van der Waals surface area (Å²) in [4.78, 5) is 0. The average Bonchev–Trinajstić information content (AvgIpc) is 2.47. The van der Waals surface area contributed by atoms with E-state index in [0.29, 0.717) is 15.1 Å². The molecule has 0 aliphatic heterocycles. The zero-order valence-electron chi connectivity index (χ0n) is 11.5. The van der Waals surface area contributed by atoms with Crippen molar-refractivity contribution in [3.05, 3.63) is 67.3 Å². The van der Waals surface area contributed by atoms with E-state index < -0.39 is 0 Å². The minimum Gasteiger partial charge on any atom is -0.306 e. The van der Waals surface area contributed by atoms with Crippen LogP contribution in [0.1, 0.15) is 30.5 Å². The SMILES string of the molecule is CCCNC(c1cc(Cl)ccc1Br)c1cccc(Br)c1F. The van der Waals surface area contributed by atoms with E-state index in [0.717, 1.165) is 23.0 Å². The smallest absolute Gasteiger partial charge is 0.142 e. The standard InChI is InChI=1S/C16H15Br2ClFN/c1-2-8-21-16(11-4-3-5-14(18)15(11)20)12-9-10(19)6-7-13(12)17/h3-7,9,16,21H,2,8H2,1H3. The Balaban J connectivity index is 2.52. The van der Waals surface area contributed by atoms with Crippen molar-refractivity contribution in [1.29, 1.82) is 0 Å². The molecule has 2 aromatic rings. The van der Waals surface area contributed by atoms with Crippen molar-refractivity contribution >= 4 is 43.5 Å². The van der Waals surface area contributed by atoms with Crippen molar-refractivity contribution in [3.63, 3.8) is 0 Å². The molecule has 0 saturated carbocycles. The Kier molecular flexibility index (Phi) is 6.23. The first-order valence-electron chi connectivity index (χ1n) is 6.66. The maximum atomic E-state index is 14.5. The lowest BCUT2D eigenvalue weighted by molar-refractivity contribution is 0.542.